The zero-order valence-electron chi connectivity index (χ0n) is 10.8. The SMILES string of the molecule is CCC(CCO)NC(=O)c1cc(N)cc(OC)c1. The number of carbonyl (C=O) groups excluding carboxylic acids is 1. The highest BCUT2D eigenvalue weighted by atomic mass is 16.5. The summed E-state index contributed by atoms with van der Waals surface area (Å²) in [6.07, 6.45) is 1.31. The minimum Gasteiger partial charge on any atom is -0.497 e. The van der Waals surface area contributed by atoms with E-state index in [9.17, 15) is 4.79 Å². The van der Waals surface area contributed by atoms with Crippen molar-refractivity contribution < 1.29 is 14.6 Å². The summed E-state index contributed by atoms with van der Waals surface area (Å²) in [4.78, 5) is 12.0. The second-order valence-electron chi connectivity index (χ2n) is 4.09. The average Bonchev–Trinajstić information content (AvgIpc) is 2.37. The Labute approximate surface area is 107 Å². The number of carbonyl (C=O) groups is 1. The lowest BCUT2D eigenvalue weighted by molar-refractivity contribution is 0.0929. The van der Waals surface area contributed by atoms with E-state index in [-0.39, 0.29) is 18.6 Å². The molecule has 0 aliphatic carbocycles. The van der Waals surface area contributed by atoms with Gasteiger partial charge in [0, 0.05) is 30.0 Å². The number of aliphatic hydroxyl groups excluding tert-OH is 1. The van der Waals surface area contributed by atoms with Gasteiger partial charge in [-0.05, 0) is 25.0 Å². The Hall–Kier alpha value is -1.75. The number of aliphatic hydroxyl groups is 1. The number of nitrogen functional groups attached to an aromatic ring is 1. The third kappa shape index (κ3) is 3.92. The van der Waals surface area contributed by atoms with Crippen molar-refractivity contribution in [3.8, 4) is 5.75 Å². The number of rotatable bonds is 6. The molecule has 5 nitrogen and oxygen atoms in total. The Morgan fingerprint density at radius 3 is 2.78 bits per heavy atom. The van der Waals surface area contributed by atoms with Crippen molar-refractivity contribution in [2.75, 3.05) is 19.5 Å². The van der Waals surface area contributed by atoms with E-state index in [1.165, 1.54) is 7.11 Å². The van der Waals surface area contributed by atoms with Crippen molar-refractivity contribution >= 4 is 11.6 Å². The van der Waals surface area contributed by atoms with Gasteiger partial charge in [0.25, 0.3) is 5.91 Å². The maximum absolute atomic E-state index is 12.0. The number of nitrogens with two attached hydrogens (primary N) is 1. The summed E-state index contributed by atoms with van der Waals surface area (Å²) in [5.41, 5.74) is 6.64. The van der Waals surface area contributed by atoms with E-state index in [1.54, 1.807) is 18.2 Å². The number of ether oxygens (including phenoxy) is 1. The van der Waals surface area contributed by atoms with E-state index in [0.29, 0.717) is 23.4 Å². The number of methoxy groups -OCH3 is 1. The van der Waals surface area contributed by atoms with Crippen molar-refractivity contribution in [2.24, 2.45) is 0 Å². The van der Waals surface area contributed by atoms with Gasteiger partial charge in [0.15, 0.2) is 0 Å². The second kappa shape index (κ2) is 6.86. The minimum absolute atomic E-state index is 0.0325. The summed E-state index contributed by atoms with van der Waals surface area (Å²) in [6.45, 7) is 2.01. The van der Waals surface area contributed by atoms with E-state index >= 15 is 0 Å². The van der Waals surface area contributed by atoms with Crippen LogP contribution in [-0.4, -0.2) is 30.8 Å². The lowest BCUT2D eigenvalue weighted by Gasteiger charge is -2.16. The van der Waals surface area contributed by atoms with E-state index < -0.39 is 0 Å². The molecule has 1 aromatic carbocycles. The molecule has 0 aromatic heterocycles. The quantitative estimate of drug-likeness (QED) is 0.663. The smallest absolute Gasteiger partial charge is 0.251 e. The number of nitrogens with one attached hydrogen (secondary N) is 1. The third-order valence-electron chi connectivity index (χ3n) is 2.73. The van der Waals surface area contributed by atoms with Gasteiger partial charge >= 0.3 is 0 Å². The molecule has 4 N–H and O–H groups in total. The number of hydrogen-bond acceptors (Lipinski definition) is 4. The summed E-state index contributed by atoms with van der Waals surface area (Å²) in [5, 5.41) is 11.7. The van der Waals surface area contributed by atoms with Gasteiger partial charge in [0.2, 0.25) is 0 Å². The molecule has 0 spiro atoms. The number of anilines is 1. The first-order chi connectivity index (χ1) is 8.60. The summed E-state index contributed by atoms with van der Waals surface area (Å²) in [5.74, 6) is 0.344. The van der Waals surface area contributed by atoms with Crippen LogP contribution in [0.2, 0.25) is 0 Å². The van der Waals surface area contributed by atoms with Gasteiger partial charge in [-0.1, -0.05) is 6.92 Å². The average molecular weight is 252 g/mol. The maximum Gasteiger partial charge on any atom is 0.251 e. The lowest BCUT2D eigenvalue weighted by Crippen LogP contribution is -2.35. The van der Waals surface area contributed by atoms with Crippen LogP contribution in [0.5, 0.6) is 5.75 Å². The van der Waals surface area contributed by atoms with Crippen molar-refractivity contribution in [1.82, 2.24) is 5.32 Å². The molecule has 0 saturated carbocycles. The molecule has 0 saturated heterocycles. The molecule has 0 radical (unpaired) electrons. The van der Waals surface area contributed by atoms with Gasteiger partial charge in [-0.2, -0.15) is 0 Å². The summed E-state index contributed by atoms with van der Waals surface area (Å²) in [7, 11) is 1.52. The molecule has 0 bridgehead atoms. The molecule has 0 fully saturated rings. The first kappa shape index (κ1) is 14.3. The predicted octanol–water partition coefficient (Wildman–Crippen LogP) is 1.17. The maximum atomic E-state index is 12.0. The molecular weight excluding hydrogens is 232 g/mol. The van der Waals surface area contributed by atoms with Crippen molar-refractivity contribution in [1.29, 1.82) is 0 Å². The Kier molecular flexibility index (Phi) is 5.45. The van der Waals surface area contributed by atoms with Gasteiger partial charge in [0.1, 0.15) is 5.75 Å². The zero-order chi connectivity index (χ0) is 13.5. The van der Waals surface area contributed by atoms with E-state index in [2.05, 4.69) is 5.32 Å². The Balaban J connectivity index is 2.79. The molecule has 0 heterocycles. The molecule has 5 heteroatoms. The van der Waals surface area contributed by atoms with Crippen LogP contribution in [0.25, 0.3) is 0 Å². The summed E-state index contributed by atoms with van der Waals surface area (Å²) in [6, 6.07) is 4.86. The van der Waals surface area contributed by atoms with Crippen LogP contribution in [0.1, 0.15) is 30.1 Å². The Bertz CT molecular complexity index is 407. The molecule has 1 rings (SSSR count). The standard InChI is InChI=1S/C13H20N2O3/c1-3-11(4-5-16)15-13(17)9-6-10(14)8-12(7-9)18-2/h6-8,11,16H,3-5,14H2,1-2H3,(H,15,17). The van der Waals surface area contributed by atoms with Crippen LogP contribution >= 0.6 is 0 Å². The molecular formula is C13H20N2O3. The van der Waals surface area contributed by atoms with Gasteiger partial charge < -0.3 is 20.9 Å². The van der Waals surface area contributed by atoms with Crippen LogP contribution in [0.15, 0.2) is 18.2 Å². The Morgan fingerprint density at radius 1 is 1.50 bits per heavy atom. The van der Waals surface area contributed by atoms with Gasteiger partial charge in [-0.15, -0.1) is 0 Å². The number of benzene rings is 1. The van der Waals surface area contributed by atoms with Crippen LogP contribution in [0, 0.1) is 0 Å². The highest BCUT2D eigenvalue weighted by Gasteiger charge is 2.13. The highest BCUT2D eigenvalue weighted by molar-refractivity contribution is 5.95. The molecule has 100 valence electrons. The van der Waals surface area contributed by atoms with Crippen molar-refractivity contribution in [3.63, 3.8) is 0 Å². The van der Waals surface area contributed by atoms with Gasteiger partial charge in [-0.3, -0.25) is 4.79 Å². The van der Waals surface area contributed by atoms with Crippen LogP contribution < -0.4 is 15.8 Å². The van der Waals surface area contributed by atoms with E-state index in [4.69, 9.17) is 15.6 Å². The first-order valence-corrected chi connectivity index (χ1v) is 5.97. The summed E-state index contributed by atoms with van der Waals surface area (Å²) >= 11 is 0. The summed E-state index contributed by atoms with van der Waals surface area (Å²) < 4.78 is 5.06. The van der Waals surface area contributed by atoms with Crippen molar-refractivity contribution in [3.05, 3.63) is 23.8 Å². The molecule has 1 atom stereocenters. The highest BCUT2D eigenvalue weighted by Crippen LogP contribution is 2.18. The second-order valence-corrected chi connectivity index (χ2v) is 4.09. The number of amides is 1. The molecule has 1 amide bonds. The fourth-order valence-electron chi connectivity index (χ4n) is 1.67. The van der Waals surface area contributed by atoms with E-state index in [0.717, 1.165) is 6.42 Å². The van der Waals surface area contributed by atoms with Gasteiger partial charge in [-0.25, -0.2) is 0 Å². The first-order valence-electron chi connectivity index (χ1n) is 5.97. The topological polar surface area (TPSA) is 84.6 Å². The monoisotopic (exact) mass is 252 g/mol. The minimum atomic E-state index is -0.207. The lowest BCUT2D eigenvalue weighted by atomic mass is 10.1. The van der Waals surface area contributed by atoms with Crippen LogP contribution in [0.4, 0.5) is 5.69 Å². The zero-order valence-corrected chi connectivity index (χ0v) is 10.8. The fourth-order valence-corrected chi connectivity index (χ4v) is 1.67. The largest absolute Gasteiger partial charge is 0.497 e. The van der Waals surface area contributed by atoms with Crippen LogP contribution in [0.3, 0.4) is 0 Å². The third-order valence-corrected chi connectivity index (χ3v) is 2.73. The number of hydrogen-bond donors (Lipinski definition) is 3. The molecule has 0 aliphatic rings. The Morgan fingerprint density at radius 2 is 2.22 bits per heavy atom. The van der Waals surface area contributed by atoms with Crippen LogP contribution in [-0.2, 0) is 0 Å². The predicted molar refractivity (Wildman–Crippen MR) is 70.7 cm³/mol. The molecule has 18 heavy (non-hydrogen) atoms. The molecule has 1 aromatic rings. The fraction of sp³-hybridized carbons (Fsp3) is 0.462. The molecule has 1 unspecified atom stereocenters. The van der Waals surface area contributed by atoms with E-state index in [1.807, 2.05) is 6.92 Å². The normalized spacial score (nSPS) is 11.9. The van der Waals surface area contributed by atoms with Gasteiger partial charge in [0.05, 0.1) is 7.11 Å². The molecule has 0 aliphatic heterocycles. The van der Waals surface area contributed by atoms with Crippen molar-refractivity contribution in [2.45, 2.75) is 25.8 Å².